The second-order valence-electron chi connectivity index (χ2n) is 4.50. The molecule has 6 nitrogen and oxygen atoms in total. The summed E-state index contributed by atoms with van der Waals surface area (Å²) in [5.74, 6) is -0.530. The summed E-state index contributed by atoms with van der Waals surface area (Å²) in [5, 5.41) is 18.9. The first-order valence-electron chi connectivity index (χ1n) is 6.16. The number of nitrogens with one attached hydrogen (secondary N) is 3. The highest BCUT2D eigenvalue weighted by Gasteiger charge is 2.40. The van der Waals surface area contributed by atoms with Gasteiger partial charge in [-0.15, -0.1) is 0 Å². The Hall–Kier alpha value is -1.79. The van der Waals surface area contributed by atoms with Gasteiger partial charge in [0.1, 0.15) is 17.7 Å². The minimum atomic E-state index is -0.821. The van der Waals surface area contributed by atoms with Gasteiger partial charge in [0.2, 0.25) is 5.85 Å². The molecule has 4 N–H and O–H groups in total. The number of carbonyl (C=O) groups excluding carboxylic acids is 1. The molecule has 2 rings (SSSR count). The quantitative estimate of drug-likeness (QED) is 0.362. The van der Waals surface area contributed by atoms with Crippen molar-refractivity contribution >= 4 is 12.0 Å². The van der Waals surface area contributed by atoms with Crippen LogP contribution >= 0.6 is 0 Å². The predicted octanol–water partition coefficient (Wildman–Crippen LogP) is 0.591. The third-order valence-electron chi connectivity index (χ3n) is 3.57. The van der Waals surface area contributed by atoms with Crippen LogP contribution in [-0.2, 0) is 4.79 Å². The predicted molar refractivity (Wildman–Crippen MR) is 72.6 cm³/mol. The fourth-order valence-electron chi connectivity index (χ4n) is 2.42. The van der Waals surface area contributed by atoms with Gasteiger partial charge in [-0.3, -0.25) is 10.6 Å². The summed E-state index contributed by atoms with van der Waals surface area (Å²) in [6, 6.07) is 3.29. The van der Waals surface area contributed by atoms with Gasteiger partial charge in [-0.05, 0) is 20.2 Å². The first-order valence-corrected chi connectivity index (χ1v) is 6.16. The van der Waals surface area contributed by atoms with Crippen LogP contribution < -0.4 is 20.7 Å². The van der Waals surface area contributed by atoms with Crippen molar-refractivity contribution in [2.24, 2.45) is 0 Å². The molecule has 1 unspecified atom stereocenters. The Morgan fingerprint density at radius 1 is 1.37 bits per heavy atom. The molecule has 6 heteroatoms. The van der Waals surface area contributed by atoms with Gasteiger partial charge < -0.3 is 20.0 Å². The maximum Gasteiger partial charge on any atom is 0.218 e. The Balaban J connectivity index is 2.58. The molecule has 0 radical (unpaired) electrons. The lowest BCUT2D eigenvalue weighted by Crippen LogP contribution is -2.61. The van der Waals surface area contributed by atoms with Crippen molar-refractivity contribution in [1.29, 1.82) is 0 Å². The molecule has 0 amide bonds. The first kappa shape index (κ1) is 13.6. The van der Waals surface area contributed by atoms with Crippen LogP contribution in [0.2, 0.25) is 0 Å². The fourth-order valence-corrected chi connectivity index (χ4v) is 2.42. The second-order valence-corrected chi connectivity index (χ2v) is 4.50. The number of aldehydes is 1. The fraction of sp³-hybridized carbons (Fsp3) is 0.462. The van der Waals surface area contributed by atoms with Gasteiger partial charge in [-0.1, -0.05) is 6.07 Å². The molecule has 1 aliphatic heterocycles. The highest BCUT2D eigenvalue weighted by molar-refractivity contribution is 5.75. The van der Waals surface area contributed by atoms with E-state index in [4.69, 9.17) is 4.74 Å². The van der Waals surface area contributed by atoms with E-state index in [2.05, 4.69) is 16.0 Å². The number of rotatable bonds is 4. The van der Waals surface area contributed by atoms with E-state index in [1.807, 2.05) is 0 Å². The lowest BCUT2D eigenvalue weighted by molar-refractivity contribution is -0.112. The molecule has 1 atom stereocenters. The Bertz CT molecular complexity index is 486. The highest BCUT2D eigenvalue weighted by atomic mass is 16.5. The van der Waals surface area contributed by atoms with Crippen LogP contribution in [0.5, 0.6) is 11.5 Å². The lowest BCUT2D eigenvalue weighted by atomic mass is 9.90. The van der Waals surface area contributed by atoms with Crippen molar-refractivity contribution < 1.29 is 14.6 Å². The number of phenolic OH excluding ortho intramolecular Hbond substituents is 1. The van der Waals surface area contributed by atoms with Crippen LogP contribution in [-0.4, -0.2) is 38.4 Å². The molecule has 104 valence electrons. The zero-order valence-electron chi connectivity index (χ0n) is 11.3. The smallest absolute Gasteiger partial charge is 0.218 e. The summed E-state index contributed by atoms with van der Waals surface area (Å²) in [6.45, 7) is 0. The number of ether oxygens (including phenoxy) is 1. The molecule has 0 saturated carbocycles. The maximum absolute atomic E-state index is 11.3. The van der Waals surface area contributed by atoms with Crippen LogP contribution in [0, 0.1) is 0 Å². The number of hydrogen-bond donors (Lipinski definition) is 4. The first-order chi connectivity index (χ1) is 9.10. The summed E-state index contributed by atoms with van der Waals surface area (Å²) in [7, 11) is 5.21. The van der Waals surface area contributed by atoms with E-state index in [-0.39, 0.29) is 11.7 Å². The van der Waals surface area contributed by atoms with Crippen molar-refractivity contribution in [1.82, 2.24) is 10.6 Å². The van der Waals surface area contributed by atoms with Crippen LogP contribution in [0.4, 0.5) is 5.69 Å². The van der Waals surface area contributed by atoms with E-state index < -0.39 is 5.85 Å². The summed E-state index contributed by atoms with van der Waals surface area (Å²) < 4.78 is 5.95. The number of aromatic hydroxyl groups is 1. The lowest BCUT2D eigenvalue weighted by Gasteiger charge is -2.41. The van der Waals surface area contributed by atoms with Gasteiger partial charge in [-0.2, -0.15) is 0 Å². The maximum atomic E-state index is 11.3. The largest absolute Gasteiger partial charge is 0.506 e. The zero-order valence-corrected chi connectivity index (χ0v) is 11.3. The summed E-state index contributed by atoms with van der Waals surface area (Å²) in [5.41, 5.74) is 1.26. The van der Waals surface area contributed by atoms with Crippen LogP contribution in [0.15, 0.2) is 12.1 Å². The molecule has 1 aromatic carbocycles. The molecule has 0 aromatic heterocycles. The van der Waals surface area contributed by atoms with Crippen LogP contribution in [0.1, 0.15) is 17.9 Å². The molecule has 1 aliphatic rings. The topological polar surface area (TPSA) is 82.6 Å². The van der Waals surface area contributed by atoms with Gasteiger partial charge in [0, 0.05) is 24.9 Å². The highest BCUT2D eigenvalue weighted by Crippen LogP contribution is 2.46. The van der Waals surface area contributed by atoms with Gasteiger partial charge in [0.15, 0.2) is 5.75 Å². The molecule has 0 aliphatic carbocycles. The SMILES string of the molecule is CNc1c(O)ccc2c1OC(NC)(NC)CC2C=O. The van der Waals surface area contributed by atoms with E-state index in [1.165, 1.54) is 0 Å². The van der Waals surface area contributed by atoms with Crippen molar-refractivity contribution in [2.45, 2.75) is 18.2 Å². The molecule has 19 heavy (non-hydrogen) atoms. The molecule has 1 aromatic rings. The van der Waals surface area contributed by atoms with Gasteiger partial charge >= 0.3 is 0 Å². The third-order valence-corrected chi connectivity index (χ3v) is 3.57. The van der Waals surface area contributed by atoms with Crippen molar-refractivity contribution in [3.63, 3.8) is 0 Å². The van der Waals surface area contributed by atoms with Gasteiger partial charge in [0.25, 0.3) is 0 Å². The number of phenols is 1. The number of carbonyl (C=O) groups is 1. The van der Waals surface area contributed by atoms with Gasteiger partial charge in [0.05, 0.1) is 0 Å². The molecule has 0 saturated heterocycles. The normalized spacial score (nSPS) is 20.3. The Morgan fingerprint density at radius 2 is 2.05 bits per heavy atom. The number of fused-ring (bicyclic) bond motifs is 1. The van der Waals surface area contributed by atoms with E-state index in [0.717, 1.165) is 11.8 Å². The average Bonchev–Trinajstić information content (AvgIpc) is 2.45. The number of benzene rings is 1. The van der Waals surface area contributed by atoms with Crippen molar-refractivity contribution in [3.8, 4) is 11.5 Å². The van der Waals surface area contributed by atoms with E-state index >= 15 is 0 Å². The summed E-state index contributed by atoms with van der Waals surface area (Å²) in [6.07, 6.45) is 1.38. The minimum absolute atomic E-state index is 0.0916. The molecule has 1 heterocycles. The molecule has 0 bridgehead atoms. The van der Waals surface area contributed by atoms with E-state index in [0.29, 0.717) is 17.9 Å². The number of anilines is 1. The standard InChI is InChI=1S/C13H19N3O3/c1-14-11-10(18)5-4-9-8(7-17)6-13(15-2,16-3)19-12(9)11/h4-5,7-8,14-16,18H,6H2,1-3H3. The molecule has 0 spiro atoms. The molecule has 0 fully saturated rings. The second kappa shape index (κ2) is 5.07. The Kier molecular flexibility index (Phi) is 3.64. The average molecular weight is 265 g/mol. The monoisotopic (exact) mass is 265 g/mol. The summed E-state index contributed by atoms with van der Waals surface area (Å²) >= 11 is 0. The third kappa shape index (κ3) is 2.13. The van der Waals surface area contributed by atoms with Gasteiger partial charge in [-0.25, -0.2) is 0 Å². The summed E-state index contributed by atoms with van der Waals surface area (Å²) in [4.78, 5) is 11.3. The Morgan fingerprint density at radius 3 is 2.58 bits per heavy atom. The Labute approximate surface area is 112 Å². The molecular weight excluding hydrogens is 246 g/mol. The van der Waals surface area contributed by atoms with Crippen LogP contribution in [0.25, 0.3) is 0 Å². The van der Waals surface area contributed by atoms with E-state index in [1.54, 1.807) is 33.3 Å². The number of hydrogen-bond acceptors (Lipinski definition) is 6. The minimum Gasteiger partial charge on any atom is -0.506 e. The molecular formula is C13H19N3O3. The van der Waals surface area contributed by atoms with Crippen molar-refractivity contribution in [2.75, 3.05) is 26.5 Å². The van der Waals surface area contributed by atoms with Crippen molar-refractivity contribution in [3.05, 3.63) is 17.7 Å². The zero-order chi connectivity index (χ0) is 14.0. The van der Waals surface area contributed by atoms with E-state index in [9.17, 15) is 9.90 Å². The van der Waals surface area contributed by atoms with Crippen LogP contribution in [0.3, 0.4) is 0 Å².